The molecule has 62 valence electrons. The molecular weight excluding hydrogens is 126 g/mol. The molecule has 0 rings (SSSR count). The Morgan fingerprint density at radius 2 is 2.10 bits per heavy atom. The largest absolute Gasteiger partial charge is 0.305 e. The number of nitrogens with one attached hydrogen (secondary N) is 1. The highest BCUT2D eigenvalue weighted by molar-refractivity contribution is 4.58. The summed E-state index contributed by atoms with van der Waals surface area (Å²) >= 11 is 0. The second-order valence-corrected chi connectivity index (χ2v) is 2.57. The molecule has 0 fully saturated rings. The van der Waals surface area contributed by atoms with E-state index < -0.39 is 0 Å². The predicted molar refractivity (Wildman–Crippen MR) is 43.7 cm³/mol. The highest BCUT2D eigenvalue weighted by atomic mass is 16.6. The van der Waals surface area contributed by atoms with E-state index in [1.54, 1.807) is 7.11 Å². The fourth-order valence-corrected chi connectivity index (χ4v) is 0.964. The minimum absolute atomic E-state index is 0.546. The van der Waals surface area contributed by atoms with E-state index in [2.05, 4.69) is 19.3 Å². The number of rotatable bonds is 6. The third-order valence-electron chi connectivity index (χ3n) is 1.68. The van der Waals surface area contributed by atoms with Crippen LogP contribution in [0.5, 0.6) is 0 Å². The van der Waals surface area contributed by atoms with Crippen LogP contribution in [-0.2, 0) is 4.84 Å². The summed E-state index contributed by atoms with van der Waals surface area (Å²) in [6.45, 7) is 4.38. The fraction of sp³-hybridized carbons (Fsp3) is 1.00. The Morgan fingerprint density at radius 1 is 1.40 bits per heavy atom. The molecule has 1 unspecified atom stereocenters. The lowest BCUT2D eigenvalue weighted by atomic mass is 10.1. The van der Waals surface area contributed by atoms with Gasteiger partial charge in [0.05, 0.1) is 7.11 Å². The Kier molecular flexibility index (Phi) is 6.98. The van der Waals surface area contributed by atoms with Crippen molar-refractivity contribution in [3.8, 4) is 0 Å². The van der Waals surface area contributed by atoms with Crippen LogP contribution in [0.3, 0.4) is 0 Å². The molecule has 0 aromatic heterocycles. The van der Waals surface area contributed by atoms with E-state index in [-0.39, 0.29) is 0 Å². The van der Waals surface area contributed by atoms with Gasteiger partial charge in [0.25, 0.3) is 0 Å². The van der Waals surface area contributed by atoms with Crippen molar-refractivity contribution in [3.63, 3.8) is 0 Å². The first-order valence-corrected chi connectivity index (χ1v) is 4.13. The SMILES string of the molecule is CCCCC(CC)NOC. The number of unbranched alkanes of at least 4 members (excludes halogenated alkanes) is 1. The van der Waals surface area contributed by atoms with Crippen LogP contribution in [0.15, 0.2) is 0 Å². The summed E-state index contributed by atoms with van der Waals surface area (Å²) in [6, 6.07) is 0.546. The fourth-order valence-electron chi connectivity index (χ4n) is 0.964. The van der Waals surface area contributed by atoms with Crippen molar-refractivity contribution >= 4 is 0 Å². The summed E-state index contributed by atoms with van der Waals surface area (Å²) < 4.78 is 0. The lowest BCUT2D eigenvalue weighted by Gasteiger charge is -2.13. The molecule has 0 bridgehead atoms. The molecule has 0 aliphatic heterocycles. The molecule has 0 aromatic carbocycles. The van der Waals surface area contributed by atoms with Crippen LogP contribution in [-0.4, -0.2) is 13.2 Å². The molecule has 1 atom stereocenters. The highest BCUT2D eigenvalue weighted by Crippen LogP contribution is 2.02. The zero-order chi connectivity index (χ0) is 7.82. The molecule has 0 saturated carbocycles. The number of hydroxylamine groups is 1. The molecule has 0 saturated heterocycles. The summed E-state index contributed by atoms with van der Waals surface area (Å²) in [4.78, 5) is 4.84. The van der Waals surface area contributed by atoms with Gasteiger partial charge in [-0.2, -0.15) is 5.48 Å². The van der Waals surface area contributed by atoms with E-state index in [4.69, 9.17) is 4.84 Å². The molecule has 10 heavy (non-hydrogen) atoms. The first-order valence-electron chi connectivity index (χ1n) is 4.13. The van der Waals surface area contributed by atoms with Crippen LogP contribution in [0.25, 0.3) is 0 Å². The molecule has 0 amide bonds. The van der Waals surface area contributed by atoms with Gasteiger partial charge in [0.1, 0.15) is 0 Å². The van der Waals surface area contributed by atoms with Crippen molar-refractivity contribution in [3.05, 3.63) is 0 Å². The Morgan fingerprint density at radius 3 is 2.50 bits per heavy atom. The van der Waals surface area contributed by atoms with Gasteiger partial charge in [0, 0.05) is 6.04 Å². The van der Waals surface area contributed by atoms with Gasteiger partial charge in [-0.15, -0.1) is 0 Å². The smallest absolute Gasteiger partial charge is 0.0572 e. The van der Waals surface area contributed by atoms with Crippen LogP contribution in [0.4, 0.5) is 0 Å². The van der Waals surface area contributed by atoms with Crippen LogP contribution in [0.2, 0.25) is 0 Å². The molecule has 0 radical (unpaired) electrons. The van der Waals surface area contributed by atoms with Gasteiger partial charge in [-0.25, -0.2) is 0 Å². The van der Waals surface area contributed by atoms with E-state index >= 15 is 0 Å². The topological polar surface area (TPSA) is 21.3 Å². The summed E-state index contributed by atoms with van der Waals surface area (Å²) in [5, 5.41) is 0. The van der Waals surface area contributed by atoms with E-state index in [1.807, 2.05) is 0 Å². The van der Waals surface area contributed by atoms with E-state index in [1.165, 1.54) is 19.3 Å². The van der Waals surface area contributed by atoms with Gasteiger partial charge in [0.15, 0.2) is 0 Å². The van der Waals surface area contributed by atoms with Crippen molar-refractivity contribution in [2.24, 2.45) is 0 Å². The van der Waals surface area contributed by atoms with Crippen LogP contribution in [0, 0.1) is 0 Å². The normalized spacial score (nSPS) is 13.5. The van der Waals surface area contributed by atoms with Gasteiger partial charge in [0.2, 0.25) is 0 Å². The maximum absolute atomic E-state index is 4.84. The second-order valence-electron chi connectivity index (χ2n) is 2.57. The van der Waals surface area contributed by atoms with Crippen molar-refractivity contribution in [2.45, 2.75) is 45.6 Å². The molecular formula is C8H19NO. The highest BCUT2D eigenvalue weighted by Gasteiger charge is 2.02. The minimum Gasteiger partial charge on any atom is -0.305 e. The van der Waals surface area contributed by atoms with Crippen LogP contribution >= 0.6 is 0 Å². The molecule has 0 aliphatic carbocycles. The quantitative estimate of drug-likeness (QED) is 0.578. The molecule has 0 aliphatic rings. The number of hydrogen-bond donors (Lipinski definition) is 1. The monoisotopic (exact) mass is 145 g/mol. The average molecular weight is 145 g/mol. The zero-order valence-electron chi connectivity index (χ0n) is 7.31. The van der Waals surface area contributed by atoms with Gasteiger partial charge in [-0.1, -0.05) is 26.7 Å². The van der Waals surface area contributed by atoms with E-state index in [0.29, 0.717) is 6.04 Å². The maximum atomic E-state index is 4.84. The minimum atomic E-state index is 0.546. The van der Waals surface area contributed by atoms with Crippen molar-refractivity contribution in [1.29, 1.82) is 0 Å². The lowest BCUT2D eigenvalue weighted by Crippen LogP contribution is -2.26. The Hall–Kier alpha value is -0.0800. The van der Waals surface area contributed by atoms with Gasteiger partial charge in [-0.05, 0) is 12.8 Å². The third-order valence-corrected chi connectivity index (χ3v) is 1.68. The van der Waals surface area contributed by atoms with Gasteiger partial charge >= 0.3 is 0 Å². The summed E-state index contributed by atoms with van der Waals surface area (Å²) in [7, 11) is 1.68. The molecule has 2 nitrogen and oxygen atoms in total. The average Bonchev–Trinajstić information content (AvgIpc) is 1.98. The summed E-state index contributed by atoms with van der Waals surface area (Å²) in [5.41, 5.74) is 2.97. The Labute approximate surface area is 63.9 Å². The Bertz CT molecular complexity index is 66.3. The summed E-state index contributed by atoms with van der Waals surface area (Å²) in [6.07, 6.45) is 4.92. The van der Waals surface area contributed by atoms with Crippen LogP contribution < -0.4 is 5.48 Å². The maximum Gasteiger partial charge on any atom is 0.0572 e. The lowest BCUT2D eigenvalue weighted by molar-refractivity contribution is 0.0562. The predicted octanol–water partition coefficient (Wildman–Crippen LogP) is 2.11. The van der Waals surface area contributed by atoms with E-state index in [0.717, 1.165) is 6.42 Å². The van der Waals surface area contributed by atoms with Crippen molar-refractivity contribution in [1.82, 2.24) is 5.48 Å². The molecule has 1 N–H and O–H groups in total. The van der Waals surface area contributed by atoms with Crippen LogP contribution in [0.1, 0.15) is 39.5 Å². The van der Waals surface area contributed by atoms with E-state index in [9.17, 15) is 0 Å². The Balaban J connectivity index is 3.21. The first kappa shape index (κ1) is 9.92. The number of hydrogen-bond acceptors (Lipinski definition) is 2. The molecule has 0 heterocycles. The van der Waals surface area contributed by atoms with Crippen molar-refractivity contribution < 1.29 is 4.84 Å². The summed E-state index contributed by atoms with van der Waals surface area (Å²) in [5.74, 6) is 0. The molecule has 0 spiro atoms. The molecule has 0 aromatic rings. The standard InChI is InChI=1S/C8H19NO/c1-4-6-7-8(5-2)9-10-3/h8-9H,4-7H2,1-3H3. The van der Waals surface area contributed by atoms with Gasteiger partial charge in [-0.3, -0.25) is 0 Å². The molecule has 2 heteroatoms. The van der Waals surface area contributed by atoms with Gasteiger partial charge < -0.3 is 4.84 Å². The van der Waals surface area contributed by atoms with Crippen molar-refractivity contribution in [2.75, 3.05) is 7.11 Å². The second kappa shape index (κ2) is 7.03. The third kappa shape index (κ3) is 4.77. The zero-order valence-corrected chi connectivity index (χ0v) is 7.31. The first-order chi connectivity index (χ1) is 4.85.